The Labute approximate surface area is 76.9 Å². The second-order valence-electron chi connectivity index (χ2n) is 2.67. The van der Waals surface area contributed by atoms with Crippen molar-refractivity contribution in [3.8, 4) is 0 Å². The lowest BCUT2D eigenvalue weighted by atomic mass is 9.87. The fourth-order valence-electron chi connectivity index (χ4n) is 1.05. The number of allylic oxidation sites excluding steroid dienone is 1. The van der Waals surface area contributed by atoms with Crippen molar-refractivity contribution in [2.45, 2.75) is 6.10 Å². The van der Waals surface area contributed by atoms with E-state index in [1.165, 1.54) is 0 Å². The number of carbonyl (C=O) groups is 3. The molecule has 7 heteroatoms. The van der Waals surface area contributed by atoms with Gasteiger partial charge in [-0.2, -0.15) is 0 Å². The molecule has 0 radical (unpaired) electrons. The van der Waals surface area contributed by atoms with E-state index < -0.39 is 41.1 Å². The van der Waals surface area contributed by atoms with Gasteiger partial charge in [0.15, 0.2) is 23.6 Å². The summed E-state index contributed by atoms with van der Waals surface area (Å²) in [7, 11) is 0. The van der Waals surface area contributed by atoms with E-state index in [1.54, 1.807) is 0 Å². The van der Waals surface area contributed by atoms with Gasteiger partial charge >= 0.3 is 5.97 Å². The first-order chi connectivity index (χ1) is 6.37. The average Bonchev–Trinajstić information content (AvgIpc) is 2.11. The van der Waals surface area contributed by atoms with E-state index in [-0.39, 0.29) is 0 Å². The number of aliphatic carboxylic acids is 1. The standard InChI is InChI=1S/C7H6O7/c8-2-1(7(13)14)3(9)5(11)6(12)4(2)10/h1,4,10-12H,(H,13,14). The van der Waals surface area contributed by atoms with Crippen LogP contribution in [0, 0.1) is 5.92 Å². The number of aliphatic hydroxyl groups is 3. The van der Waals surface area contributed by atoms with E-state index in [9.17, 15) is 14.4 Å². The molecule has 0 fully saturated rings. The van der Waals surface area contributed by atoms with E-state index in [2.05, 4.69) is 0 Å². The van der Waals surface area contributed by atoms with Crippen molar-refractivity contribution in [3.63, 3.8) is 0 Å². The molecular formula is C7H6O7. The molecule has 7 nitrogen and oxygen atoms in total. The van der Waals surface area contributed by atoms with Crippen molar-refractivity contribution in [2.24, 2.45) is 5.92 Å². The summed E-state index contributed by atoms with van der Waals surface area (Å²) in [6.07, 6.45) is -2.16. The Bertz CT molecular complexity index is 353. The molecule has 0 saturated heterocycles. The van der Waals surface area contributed by atoms with Gasteiger partial charge in [0, 0.05) is 0 Å². The molecule has 0 aromatic rings. The Morgan fingerprint density at radius 1 is 1.21 bits per heavy atom. The highest BCUT2D eigenvalue weighted by atomic mass is 16.4. The van der Waals surface area contributed by atoms with Crippen LogP contribution in [0.15, 0.2) is 11.5 Å². The van der Waals surface area contributed by atoms with Crippen molar-refractivity contribution < 1.29 is 34.8 Å². The average molecular weight is 202 g/mol. The Hall–Kier alpha value is -1.89. The number of rotatable bonds is 1. The van der Waals surface area contributed by atoms with Gasteiger partial charge in [0.1, 0.15) is 0 Å². The number of Topliss-reactive ketones (excluding diaryl/α,β-unsaturated/α-hetero) is 2. The third kappa shape index (κ3) is 1.23. The Morgan fingerprint density at radius 2 is 1.71 bits per heavy atom. The third-order valence-electron chi connectivity index (χ3n) is 1.80. The van der Waals surface area contributed by atoms with Gasteiger partial charge in [0.05, 0.1) is 0 Å². The van der Waals surface area contributed by atoms with Crippen LogP contribution in [-0.4, -0.2) is 44.1 Å². The van der Waals surface area contributed by atoms with Crippen LogP contribution in [0.4, 0.5) is 0 Å². The number of hydrogen-bond acceptors (Lipinski definition) is 6. The van der Waals surface area contributed by atoms with Crippen LogP contribution in [0.1, 0.15) is 0 Å². The van der Waals surface area contributed by atoms with E-state index >= 15 is 0 Å². The molecule has 0 aliphatic heterocycles. The van der Waals surface area contributed by atoms with Gasteiger partial charge in [-0.05, 0) is 0 Å². The zero-order chi connectivity index (χ0) is 11.0. The van der Waals surface area contributed by atoms with Gasteiger partial charge in [-0.3, -0.25) is 14.4 Å². The van der Waals surface area contributed by atoms with Crippen LogP contribution in [0.5, 0.6) is 0 Å². The van der Waals surface area contributed by atoms with Crippen LogP contribution in [0.3, 0.4) is 0 Å². The van der Waals surface area contributed by atoms with E-state index in [0.717, 1.165) is 0 Å². The maximum absolute atomic E-state index is 11.0. The summed E-state index contributed by atoms with van der Waals surface area (Å²) in [5.41, 5.74) is 0. The van der Waals surface area contributed by atoms with Crippen LogP contribution in [-0.2, 0) is 14.4 Å². The summed E-state index contributed by atoms with van der Waals surface area (Å²) in [6, 6.07) is 0. The Kier molecular flexibility index (Phi) is 2.26. The number of ketones is 2. The third-order valence-corrected chi connectivity index (χ3v) is 1.80. The lowest BCUT2D eigenvalue weighted by Gasteiger charge is -2.20. The highest BCUT2D eigenvalue weighted by Crippen LogP contribution is 2.21. The molecule has 1 aliphatic rings. The lowest BCUT2D eigenvalue weighted by molar-refractivity contribution is -0.154. The normalized spacial score (nSPS) is 28.1. The highest BCUT2D eigenvalue weighted by molar-refractivity contribution is 6.24. The SMILES string of the molecule is O=C(O)C1C(=O)C(O)=C(O)C(O)C1=O. The molecule has 14 heavy (non-hydrogen) atoms. The minimum atomic E-state index is -2.16. The van der Waals surface area contributed by atoms with E-state index in [1.807, 2.05) is 0 Å². The van der Waals surface area contributed by atoms with Gasteiger partial charge in [-0.15, -0.1) is 0 Å². The lowest BCUT2D eigenvalue weighted by Crippen LogP contribution is -2.45. The molecule has 76 valence electrons. The fraction of sp³-hybridized carbons (Fsp3) is 0.286. The van der Waals surface area contributed by atoms with Crippen LogP contribution in [0.2, 0.25) is 0 Å². The first-order valence-corrected chi connectivity index (χ1v) is 3.48. The molecule has 2 atom stereocenters. The molecular weight excluding hydrogens is 196 g/mol. The molecule has 0 spiro atoms. The predicted octanol–water partition coefficient (Wildman–Crippen LogP) is -1.47. The second-order valence-corrected chi connectivity index (χ2v) is 2.67. The fourth-order valence-corrected chi connectivity index (χ4v) is 1.05. The van der Waals surface area contributed by atoms with Crippen LogP contribution < -0.4 is 0 Å². The monoisotopic (exact) mass is 202 g/mol. The minimum absolute atomic E-state index is 1.21. The van der Waals surface area contributed by atoms with Gasteiger partial charge in [-0.25, -0.2) is 0 Å². The maximum Gasteiger partial charge on any atom is 0.322 e. The van der Waals surface area contributed by atoms with Crippen molar-refractivity contribution in [3.05, 3.63) is 11.5 Å². The van der Waals surface area contributed by atoms with Crippen molar-refractivity contribution in [1.82, 2.24) is 0 Å². The van der Waals surface area contributed by atoms with Crippen molar-refractivity contribution in [2.75, 3.05) is 0 Å². The summed E-state index contributed by atoms with van der Waals surface area (Å²) in [4.78, 5) is 32.3. The summed E-state index contributed by atoms with van der Waals surface area (Å²) in [5, 5.41) is 35.0. The first-order valence-electron chi connectivity index (χ1n) is 3.48. The van der Waals surface area contributed by atoms with Crippen molar-refractivity contribution >= 4 is 17.5 Å². The number of carboxylic acid groups (broad SMARTS) is 1. The minimum Gasteiger partial charge on any atom is -0.506 e. The van der Waals surface area contributed by atoms with Gasteiger partial charge in [0.2, 0.25) is 11.5 Å². The number of hydrogen-bond donors (Lipinski definition) is 4. The topological polar surface area (TPSA) is 132 Å². The quantitative estimate of drug-likeness (QED) is 0.381. The summed E-state index contributed by atoms with van der Waals surface area (Å²) < 4.78 is 0. The summed E-state index contributed by atoms with van der Waals surface area (Å²) in [6.45, 7) is 0. The molecule has 0 aromatic carbocycles. The summed E-state index contributed by atoms with van der Waals surface area (Å²) in [5.74, 6) is -9.22. The molecule has 1 aliphatic carbocycles. The number of carboxylic acids is 1. The van der Waals surface area contributed by atoms with Gasteiger partial charge in [-0.1, -0.05) is 0 Å². The van der Waals surface area contributed by atoms with E-state index in [4.69, 9.17) is 20.4 Å². The first kappa shape index (κ1) is 10.2. The number of carbonyl (C=O) groups excluding carboxylic acids is 2. The Morgan fingerprint density at radius 3 is 2.14 bits per heavy atom. The second kappa shape index (κ2) is 3.11. The van der Waals surface area contributed by atoms with Crippen molar-refractivity contribution in [1.29, 1.82) is 0 Å². The zero-order valence-corrected chi connectivity index (χ0v) is 6.67. The van der Waals surface area contributed by atoms with Gasteiger partial charge < -0.3 is 20.4 Å². The van der Waals surface area contributed by atoms with E-state index in [0.29, 0.717) is 0 Å². The number of aliphatic hydroxyl groups excluding tert-OH is 3. The Balaban J connectivity index is 3.24. The maximum atomic E-state index is 11.0. The molecule has 1 rings (SSSR count). The van der Waals surface area contributed by atoms with Crippen LogP contribution >= 0.6 is 0 Å². The predicted molar refractivity (Wildman–Crippen MR) is 39.4 cm³/mol. The van der Waals surface area contributed by atoms with Crippen LogP contribution in [0.25, 0.3) is 0 Å². The zero-order valence-electron chi connectivity index (χ0n) is 6.67. The molecule has 0 amide bonds. The summed E-state index contributed by atoms with van der Waals surface area (Å²) >= 11 is 0. The molecule has 0 bridgehead atoms. The highest BCUT2D eigenvalue weighted by Gasteiger charge is 2.46. The van der Waals surface area contributed by atoms with Gasteiger partial charge in [0.25, 0.3) is 0 Å². The molecule has 2 unspecified atom stereocenters. The molecule has 4 N–H and O–H groups in total. The molecule has 0 saturated carbocycles. The smallest absolute Gasteiger partial charge is 0.322 e. The molecule has 0 heterocycles. The molecule has 0 aromatic heterocycles. The largest absolute Gasteiger partial charge is 0.506 e.